The summed E-state index contributed by atoms with van der Waals surface area (Å²) >= 11 is 0. The van der Waals surface area contributed by atoms with Crippen LogP contribution in [0, 0.1) is 19.8 Å². The summed E-state index contributed by atoms with van der Waals surface area (Å²) < 4.78 is 13.3. The number of guanidine groups is 1. The fourth-order valence-electron chi connectivity index (χ4n) is 3.17. The maximum atomic E-state index is 5.70. The van der Waals surface area contributed by atoms with Gasteiger partial charge in [-0.05, 0) is 52.0 Å². The van der Waals surface area contributed by atoms with Gasteiger partial charge < -0.3 is 20.1 Å². The summed E-state index contributed by atoms with van der Waals surface area (Å²) in [5.74, 6) is 1.30. The number of nitrogens with one attached hydrogen (secondary N) is 2. The molecule has 2 N–H and O–H groups in total. The predicted molar refractivity (Wildman–Crippen MR) is 109 cm³/mol. The molecule has 1 aliphatic rings. The first-order valence-corrected chi connectivity index (χ1v) is 10.3. The van der Waals surface area contributed by atoms with E-state index in [9.17, 15) is 0 Å². The van der Waals surface area contributed by atoms with E-state index < -0.39 is 0 Å². The van der Waals surface area contributed by atoms with Crippen LogP contribution < -0.4 is 10.6 Å². The van der Waals surface area contributed by atoms with Crippen molar-refractivity contribution in [3.05, 3.63) is 17.5 Å². The first-order chi connectivity index (χ1) is 13.1. The highest BCUT2D eigenvalue weighted by atomic mass is 16.5. The third kappa shape index (κ3) is 8.30. The predicted octanol–water partition coefficient (Wildman–Crippen LogP) is 2.28. The standard InChI is InChI=1S/C20H37N5O2/c1-5-21-20(22-9-7-10-26-15-19-8-6-11-27-19)23-13-16(2)14-25-18(4)12-17(3)24-25/h12,16,19H,5-11,13-15H2,1-4H3,(H2,21,22,23). The summed E-state index contributed by atoms with van der Waals surface area (Å²) in [5, 5.41) is 11.2. The molecule has 1 saturated heterocycles. The van der Waals surface area contributed by atoms with Crippen LogP contribution in [0.3, 0.4) is 0 Å². The Labute approximate surface area is 163 Å². The maximum absolute atomic E-state index is 5.70. The van der Waals surface area contributed by atoms with Crippen LogP contribution in [0.1, 0.15) is 44.5 Å². The molecule has 1 aliphatic heterocycles. The van der Waals surface area contributed by atoms with Crippen LogP contribution in [-0.4, -0.2) is 61.3 Å². The third-order valence-electron chi connectivity index (χ3n) is 4.58. The Balaban J connectivity index is 1.64. The number of aliphatic imine (C=N–C) groups is 1. The largest absolute Gasteiger partial charge is 0.379 e. The van der Waals surface area contributed by atoms with Gasteiger partial charge in [-0.15, -0.1) is 0 Å². The topological polar surface area (TPSA) is 72.7 Å². The van der Waals surface area contributed by atoms with Crippen LogP contribution in [0.2, 0.25) is 0 Å². The van der Waals surface area contributed by atoms with E-state index in [1.807, 2.05) is 6.92 Å². The molecule has 0 saturated carbocycles. The number of ether oxygens (including phenoxy) is 2. The normalized spacial score (nSPS) is 18.7. The lowest BCUT2D eigenvalue weighted by atomic mass is 10.2. The summed E-state index contributed by atoms with van der Waals surface area (Å²) in [6, 6.07) is 2.11. The van der Waals surface area contributed by atoms with Crippen molar-refractivity contribution >= 4 is 5.96 Å². The van der Waals surface area contributed by atoms with Crippen molar-refractivity contribution in [1.29, 1.82) is 0 Å². The van der Waals surface area contributed by atoms with Gasteiger partial charge in [-0.2, -0.15) is 5.10 Å². The lowest BCUT2D eigenvalue weighted by Gasteiger charge is -2.14. The summed E-state index contributed by atoms with van der Waals surface area (Å²) in [5.41, 5.74) is 2.27. The second-order valence-electron chi connectivity index (χ2n) is 7.42. The van der Waals surface area contributed by atoms with Crippen molar-refractivity contribution in [1.82, 2.24) is 20.4 Å². The molecular formula is C20H37N5O2. The fraction of sp³-hybridized carbons (Fsp3) is 0.800. The quantitative estimate of drug-likeness (QED) is 0.351. The van der Waals surface area contributed by atoms with Gasteiger partial charge in [0.25, 0.3) is 0 Å². The molecular weight excluding hydrogens is 342 g/mol. The number of aryl methyl sites for hydroxylation is 2. The Hall–Kier alpha value is -1.60. The first-order valence-electron chi connectivity index (χ1n) is 10.3. The van der Waals surface area contributed by atoms with Crippen LogP contribution in [0.4, 0.5) is 0 Å². The van der Waals surface area contributed by atoms with Gasteiger partial charge in [0.1, 0.15) is 0 Å². The van der Waals surface area contributed by atoms with Crippen molar-refractivity contribution in [3.63, 3.8) is 0 Å². The van der Waals surface area contributed by atoms with Gasteiger partial charge in [-0.3, -0.25) is 9.67 Å². The minimum absolute atomic E-state index is 0.306. The summed E-state index contributed by atoms with van der Waals surface area (Å²) in [6.07, 6.45) is 3.56. The van der Waals surface area contributed by atoms with Crippen molar-refractivity contribution in [2.75, 3.05) is 39.5 Å². The monoisotopic (exact) mass is 379 g/mol. The van der Waals surface area contributed by atoms with Gasteiger partial charge in [0.15, 0.2) is 5.96 Å². The molecule has 7 nitrogen and oxygen atoms in total. The summed E-state index contributed by atoms with van der Waals surface area (Å²) in [6.45, 7) is 14.1. The Kier molecular flexibility index (Phi) is 9.62. The SMILES string of the molecule is CCNC(=NCC(C)Cn1nc(C)cc1C)NCCCOCC1CCCO1. The molecule has 1 aromatic heterocycles. The summed E-state index contributed by atoms with van der Waals surface area (Å²) in [4.78, 5) is 4.72. The molecule has 2 rings (SSSR count). The van der Waals surface area contributed by atoms with Gasteiger partial charge in [0, 0.05) is 45.1 Å². The van der Waals surface area contributed by atoms with E-state index >= 15 is 0 Å². The van der Waals surface area contributed by atoms with Crippen molar-refractivity contribution < 1.29 is 9.47 Å². The van der Waals surface area contributed by atoms with Gasteiger partial charge in [-0.25, -0.2) is 0 Å². The Morgan fingerprint density at radius 2 is 2.30 bits per heavy atom. The number of hydrogen-bond donors (Lipinski definition) is 2. The maximum Gasteiger partial charge on any atom is 0.191 e. The third-order valence-corrected chi connectivity index (χ3v) is 4.58. The molecule has 1 fully saturated rings. The average Bonchev–Trinajstić information content (AvgIpc) is 3.25. The molecule has 0 spiro atoms. The Bertz CT molecular complexity index is 567. The van der Waals surface area contributed by atoms with Crippen molar-refractivity contribution in [3.8, 4) is 0 Å². The van der Waals surface area contributed by atoms with Crippen LogP contribution >= 0.6 is 0 Å². The van der Waals surface area contributed by atoms with Gasteiger partial charge >= 0.3 is 0 Å². The molecule has 0 radical (unpaired) electrons. The minimum Gasteiger partial charge on any atom is -0.379 e. The first kappa shape index (κ1) is 21.7. The van der Waals surface area contributed by atoms with E-state index in [1.165, 1.54) is 5.69 Å². The number of hydrogen-bond acceptors (Lipinski definition) is 4. The minimum atomic E-state index is 0.306. The molecule has 0 aliphatic carbocycles. The highest BCUT2D eigenvalue weighted by molar-refractivity contribution is 5.79. The lowest BCUT2D eigenvalue weighted by molar-refractivity contribution is 0.0168. The zero-order valence-electron chi connectivity index (χ0n) is 17.5. The van der Waals surface area contributed by atoms with Gasteiger partial charge in [0.05, 0.1) is 18.4 Å². The average molecular weight is 380 g/mol. The number of nitrogens with zero attached hydrogens (tertiary/aromatic N) is 3. The molecule has 1 aromatic rings. The van der Waals surface area contributed by atoms with E-state index in [0.717, 1.165) is 76.9 Å². The van der Waals surface area contributed by atoms with Crippen LogP contribution in [-0.2, 0) is 16.0 Å². The number of aromatic nitrogens is 2. The Morgan fingerprint density at radius 3 is 2.96 bits per heavy atom. The van der Waals surface area contributed by atoms with Crippen molar-refractivity contribution in [2.24, 2.45) is 10.9 Å². The summed E-state index contributed by atoms with van der Waals surface area (Å²) in [7, 11) is 0. The lowest BCUT2D eigenvalue weighted by Crippen LogP contribution is -2.38. The van der Waals surface area contributed by atoms with E-state index in [0.29, 0.717) is 12.0 Å². The molecule has 0 amide bonds. The molecule has 27 heavy (non-hydrogen) atoms. The molecule has 2 unspecified atom stereocenters. The molecule has 7 heteroatoms. The van der Waals surface area contributed by atoms with E-state index in [1.54, 1.807) is 0 Å². The van der Waals surface area contributed by atoms with Crippen LogP contribution in [0.25, 0.3) is 0 Å². The number of rotatable bonds is 11. The van der Waals surface area contributed by atoms with E-state index in [-0.39, 0.29) is 0 Å². The second-order valence-corrected chi connectivity index (χ2v) is 7.42. The van der Waals surface area contributed by atoms with E-state index in [4.69, 9.17) is 14.5 Å². The van der Waals surface area contributed by atoms with Crippen LogP contribution in [0.5, 0.6) is 0 Å². The molecule has 0 aromatic carbocycles. The zero-order chi connectivity index (χ0) is 19.5. The zero-order valence-corrected chi connectivity index (χ0v) is 17.5. The highest BCUT2D eigenvalue weighted by Gasteiger charge is 2.14. The van der Waals surface area contributed by atoms with Crippen molar-refractivity contribution in [2.45, 2.75) is 59.6 Å². The molecule has 2 atom stereocenters. The molecule has 154 valence electrons. The Morgan fingerprint density at radius 1 is 1.44 bits per heavy atom. The smallest absolute Gasteiger partial charge is 0.191 e. The van der Waals surface area contributed by atoms with Gasteiger partial charge in [-0.1, -0.05) is 6.92 Å². The highest BCUT2D eigenvalue weighted by Crippen LogP contribution is 2.11. The van der Waals surface area contributed by atoms with Crippen LogP contribution in [0.15, 0.2) is 11.1 Å². The molecule has 0 bridgehead atoms. The second kappa shape index (κ2) is 12.0. The fourth-order valence-corrected chi connectivity index (χ4v) is 3.17. The van der Waals surface area contributed by atoms with E-state index in [2.05, 4.69) is 47.3 Å². The molecule has 2 heterocycles. The van der Waals surface area contributed by atoms with Gasteiger partial charge in [0.2, 0.25) is 0 Å².